The second-order valence-corrected chi connectivity index (χ2v) is 3.39. The Morgan fingerprint density at radius 1 is 1.43 bits per heavy atom. The van der Waals surface area contributed by atoms with Gasteiger partial charge in [-0.3, -0.25) is 0 Å². The fraction of sp³-hybridized carbons (Fsp3) is 0.333. The van der Waals surface area contributed by atoms with Crippen LogP contribution in [0.5, 0.6) is 0 Å². The molecule has 2 aromatic heterocycles. The molecule has 0 amide bonds. The number of nitrogens with one attached hydrogen (secondary N) is 1. The Balaban J connectivity index is 2.45. The molecule has 0 fully saturated rings. The van der Waals surface area contributed by atoms with E-state index >= 15 is 0 Å². The molecule has 2 heterocycles. The number of fused-ring (bicyclic) bond motifs is 1. The Hall–Kier alpha value is -1.13. The molecule has 0 unspecified atom stereocenters. The smallest absolute Gasteiger partial charge is 0.142 e. The molecule has 0 atom stereocenters. The van der Waals surface area contributed by atoms with Crippen molar-refractivity contribution >= 4 is 22.6 Å². The highest BCUT2D eigenvalue weighted by atomic mass is 35.5. The number of halogens is 1. The van der Waals surface area contributed by atoms with Crippen LogP contribution in [0.15, 0.2) is 12.5 Å². The van der Waals surface area contributed by atoms with Crippen LogP contribution in [0, 0.1) is 0 Å². The first-order chi connectivity index (χ1) is 6.83. The molecule has 2 N–H and O–H groups in total. The molecule has 0 spiro atoms. The van der Waals surface area contributed by atoms with Crippen LogP contribution in [0.25, 0.3) is 11.0 Å². The molecule has 0 saturated carbocycles. The average molecular weight is 212 g/mol. The molecule has 74 valence electrons. The lowest BCUT2D eigenvalue weighted by atomic mass is 10.1. The van der Waals surface area contributed by atoms with E-state index in [0.717, 1.165) is 29.4 Å². The van der Waals surface area contributed by atoms with Crippen LogP contribution in [-0.2, 0) is 6.42 Å². The molecule has 0 saturated heterocycles. The van der Waals surface area contributed by atoms with Crippen molar-refractivity contribution in [2.75, 3.05) is 6.61 Å². The van der Waals surface area contributed by atoms with Crippen molar-refractivity contribution in [2.45, 2.75) is 12.8 Å². The molecule has 0 bridgehead atoms. The van der Waals surface area contributed by atoms with E-state index in [4.69, 9.17) is 16.7 Å². The number of nitrogens with zero attached hydrogens (tertiary/aromatic N) is 2. The van der Waals surface area contributed by atoms with Gasteiger partial charge in [-0.2, -0.15) is 0 Å². The van der Waals surface area contributed by atoms with Gasteiger partial charge in [-0.25, -0.2) is 9.97 Å². The molecular weight excluding hydrogens is 202 g/mol. The lowest BCUT2D eigenvalue weighted by Crippen LogP contribution is -1.89. The van der Waals surface area contributed by atoms with E-state index < -0.39 is 0 Å². The minimum Gasteiger partial charge on any atom is -0.396 e. The summed E-state index contributed by atoms with van der Waals surface area (Å²) in [6, 6.07) is 0. The molecule has 2 rings (SSSR count). The van der Waals surface area contributed by atoms with Crippen molar-refractivity contribution in [3.63, 3.8) is 0 Å². The summed E-state index contributed by atoms with van der Waals surface area (Å²) in [7, 11) is 0. The fourth-order valence-corrected chi connectivity index (χ4v) is 1.71. The Morgan fingerprint density at radius 2 is 2.29 bits per heavy atom. The standard InChI is InChI=1S/C9H10ClN3O/c10-8-7-6(2-1-3-14)4-11-9(7)13-5-12-8/h4-5,14H,1-3H2,(H,11,12,13). The number of aliphatic hydroxyl groups is 1. The Bertz CT molecular complexity index is 441. The van der Waals surface area contributed by atoms with Crippen LogP contribution in [0.1, 0.15) is 12.0 Å². The number of rotatable bonds is 3. The molecule has 14 heavy (non-hydrogen) atoms. The second-order valence-electron chi connectivity index (χ2n) is 3.03. The molecule has 0 aliphatic carbocycles. The summed E-state index contributed by atoms with van der Waals surface area (Å²) in [5, 5.41) is 10.1. The summed E-state index contributed by atoms with van der Waals surface area (Å²) >= 11 is 5.95. The summed E-state index contributed by atoms with van der Waals surface area (Å²) in [5.41, 5.74) is 1.80. The van der Waals surface area contributed by atoms with Crippen molar-refractivity contribution in [3.8, 4) is 0 Å². The quantitative estimate of drug-likeness (QED) is 0.757. The van der Waals surface area contributed by atoms with Crippen LogP contribution in [0.3, 0.4) is 0 Å². The highest BCUT2D eigenvalue weighted by molar-refractivity contribution is 6.34. The Morgan fingerprint density at radius 3 is 3.07 bits per heavy atom. The molecular formula is C9H10ClN3O. The number of H-pyrrole nitrogens is 1. The predicted octanol–water partition coefficient (Wildman–Crippen LogP) is 1.54. The molecule has 2 aromatic rings. The molecule has 0 radical (unpaired) electrons. The summed E-state index contributed by atoms with van der Waals surface area (Å²) in [6.07, 6.45) is 4.79. The van der Waals surface area contributed by atoms with Gasteiger partial charge in [-0.1, -0.05) is 11.6 Å². The van der Waals surface area contributed by atoms with Crippen LogP contribution in [0.2, 0.25) is 5.15 Å². The number of aryl methyl sites for hydroxylation is 1. The largest absolute Gasteiger partial charge is 0.396 e. The third-order valence-corrected chi connectivity index (χ3v) is 2.40. The lowest BCUT2D eigenvalue weighted by molar-refractivity contribution is 0.289. The topological polar surface area (TPSA) is 61.8 Å². The average Bonchev–Trinajstić information content (AvgIpc) is 2.59. The number of hydrogen-bond donors (Lipinski definition) is 2. The number of aliphatic hydroxyl groups excluding tert-OH is 1. The summed E-state index contributed by atoms with van der Waals surface area (Å²) in [4.78, 5) is 11.0. The summed E-state index contributed by atoms with van der Waals surface area (Å²) < 4.78 is 0. The van der Waals surface area contributed by atoms with Gasteiger partial charge in [-0.15, -0.1) is 0 Å². The number of hydrogen-bond acceptors (Lipinski definition) is 3. The SMILES string of the molecule is OCCCc1c[nH]c2ncnc(Cl)c12. The van der Waals surface area contributed by atoms with Crippen molar-refractivity contribution < 1.29 is 5.11 Å². The first-order valence-corrected chi connectivity index (χ1v) is 4.78. The van der Waals surface area contributed by atoms with Crippen molar-refractivity contribution in [3.05, 3.63) is 23.2 Å². The van der Waals surface area contributed by atoms with E-state index in [0.29, 0.717) is 5.15 Å². The number of aromatic nitrogens is 3. The van der Waals surface area contributed by atoms with Gasteiger partial charge in [0.05, 0.1) is 5.39 Å². The van der Waals surface area contributed by atoms with E-state index in [9.17, 15) is 0 Å². The zero-order chi connectivity index (χ0) is 9.97. The third-order valence-electron chi connectivity index (χ3n) is 2.11. The molecule has 4 nitrogen and oxygen atoms in total. The van der Waals surface area contributed by atoms with Crippen molar-refractivity contribution in [1.82, 2.24) is 15.0 Å². The minimum absolute atomic E-state index is 0.179. The Labute approximate surface area is 86.0 Å². The molecule has 0 aromatic carbocycles. The number of aromatic amines is 1. The first-order valence-electron chi connectivity index (χ1n) is 4.40. The maximum absolute atomic E-state index is 8.73. The van der Waals surface area contributed by atoms with Gasteiger partial charge in [-0.05, 0) is 18.4 Å². The van der Waals surface area contributed by atoms with Gasteiger partial charge in [0.25, 0.3) is 0 Å². The lowest BCUT2D eigenvalue weighted by Gasteiger charge is -1.97. The molecule has 5 heteroatoms. The van der Waals surface area contributed by atoms with Crippen LogP contribution in [-0.4, -0.2) is 26.7 Å². The van der Waals surface area contributed by atoms with Gasteiger partial charge >= 0.3 is 0 Å². The first kappa shape index (κ1) is 9.43. The molecule has 0 aliphatic rings. The second kappa shape index (κ2) is 3.94. The normalized spacial score (nSPS) is 11.0. The highest BCUT2D eigenvalue weighted by Crippen LogP contribution is 2.23. The van der Waals surface area contributed by atoms with E-state index in [1.807, 2.05) is 6.20 Å². The van der Waals surface area contributed by atoms with Gasteiger partial charge in [0, 0.05) is 12.8 Å². The van der Waals surface area contributed by atoms with E-state index in [1.54, 1.807) is 0 Å². The van der Waals surface area contributed by atoms with Crippen molar-refractivity contribution in [2.24, 2.45) is 0 Å². The maximum atomic E-state index is 8.73. The van der Waals surface area contributed by atoms with Crippen LogP contribution >= 0.6 is 11.6 Å². The van der Waals surface area contributed by atoms with E-state index in [-0.39, 0.29) is 6.61 Å². The van der Waals surface area contributed by atoms with Crippen LogP contribution in [0.4, 0.5) is 0 Å². The van der Waals surface area contributed by atoms with E-state index in [1.165, 1.54) is 6.33 Å². The van der Waals surface area contributed by atoms with Crippen molar-refractivity contribution in [1.29, 1.82) is 0 Å². The predicted molar refractivity (Wildman–Crippen MR) is 54.3 cm³/mol. The van der Waals surface area contributed by atoms with Crippen LogP contribution < -0.4 is 0 Å². The van der Waals surface area contributed by atoms with Gasteiger partial charge in [0.2, 0.25) is 0 Å². The van der Waals surface area contributed by atoms with Gasteiger partial charge in [0.1, 0.15) is 17.1 Å². The van der Waals surface area contributed by atoms with E-state index in [2.05, 4.69) is 15.0 Å². The zero-order valence-electron chi connectivity index (χ0n) is 7.50. The fourth-order valence-electron chi connectivity index (χ4n) is 1.45. The summed E-state index contributed by atoms with van der Waals surface area (Å²) in [5.74, 6) is 0. The summed E-state index contributed by atoms with van der Waals surface area (Å²) in [6.45, 7) is 0.179. The Kier molecular flexibility index (Phi) is 2.65. The molecule has 0 aliphatic heterocycles. The maximum Gasteiger partial charge on any atom is 0.142 e. The third kappa shape index (κ3) is 1.58. The monoisotopic (exact) mass is 211 g/mol. The zero-order valence-corrected chi connectivity index (χ0v) is 8.25. The minimum atomic E-state index is 0.179. The highest BCUT2D eigenvalue weighted by Gasteiger charge is 2.08. The van der Waals surface area contributed by atoms with Gasteiger partial charge in [0.15, 0.2) is 0 Å². The van der Waals surface area contributed by atoms with Gasteiger partial charge < -0.3 is 10.1 Å².